The Bertz CT molecular complexity index is 943. The fourth-order valence-corrected chi connectivity index (χ4v) is 4.00. The second kappa shape index (κ2) is 7.15. The molecular formula is C23H24N2O3. The molecule has 2 amide bonds. The number of rotatable bonds is 5. The number of ether oxygens (including phenoxy) is 1. The Balaban J connectivity index is 1.66. The number of carbonyl (C=O) groups excluding carboxylic acids is 2. The van der Waals surface area contributed by atoms with Crippen LogP contribution in [-0.4, -0.2) is 41.9 Å². The second-order valence-corrected chi connectivity index (χ2v) is 7.31. The summed E-state index contributed by atoms with van der Waals surface area (Å²) >= 11 is 0. The summed E-state index contributed by atoms with van der Waals surface area (Å²) in [7, 11) is 4.06. The van der Waals surface area contributed by atoms with Gasteiger partial charge in [0.05, 0.1) is 11.1 Å². The Morgan fingerprint density at radius 1 is 1.00 bits per heavy atom. The Hall–Kier alpha value is -3.08. The molecule has 2 aromatic rings. The number of carbonyl (C=O) groups is 2. The lowest BCUT2D eigenvalue weighted by atomic mass is 9.93. The molecule has 0 saturated carbocycles. The highest BCUT2D eigenvalue weighted by atomic mass is 16.5. The van der Waals surface area contributed by atoms with Gasteiger partial charge in [0.15, 0.2) is 6.23 Å². The highest BCUT2D eigenvalue weighted by molar-refractivity contribution is 6.21. The van der Waals surface area contributed by atoms with Gasteiger partial charge >= 0.3 is 0 Å². The first-order valence-corrected chi connectivity index (χ1v) is 9.66. The molecular weight excluding hydrogens is 352 g/mol. The van der Waals surface area contributed by atoms with Crippen LogP contribution in [0.5, 0.6) is 5.75 Å². The van der Waals surface area contributed by atoms with Crippen LogP contribution in [0, 0.1) is 0 Å². The van der Waals surface area contributed by atoms with Crippen LogP contribution in [-0.2, 0) is 6.42 Å². The molecule has 5 heteroatoms. The van der Waals surface area contributed by atoms with Crippen LogP contribution < -0.4 is 4.74 Å². The molecule has 0 radical (unpaired) electrons. The smallest absolute Gasteiger partial charge is 0.264 e. The summed E-state index contributed by atoms with van der Waals surface area (Å²) in [6.45, 7) is 1.93. The summed E-state index contributed by atoms with van der Waals surface area (Å²) in [5.41, 5.74) is 4.33. The van der Waals surface area contributed by atoms with Gasteiger partial charge in [-0.05, 0) is 31.0 Å². The minimum Gasteiger partial charge on any atom is -0.470 e. The molecule has 1 atom stereocenters. The van der Waals surface area contributed by atoms with E-state index in [1.54, 1.807) is 24.3 Å². The topological polar surface area (TPSA) is 49.9 Å². The van der Waals surface area contributed by atoms with Crippen LogP contribution >= 0.6 is 0 Å². The van der Waals surface area contributed by atoms with E-state index in [4.69, 9.17) is 4.74 Å². The molecule has 28 heavy (non-hydrogen) atoms. The zero-order chi connectivity index (χ0) is 19.8. The summed E-state index contributed by atoms with van der Waals surface area (Å²) in [5, 5.41) is 0. The van der Waals surface area contributed by atoms with Crippen molar-refractivity contribution in [2.45, 2.75) is 32.4 Å². The molecule has 1 aliphatic carbocycles. The van der Waals surface area contributed by atoms with E-state index in [1.165, 1.54) is 10.6 Å². The molecule has 0 spiro atoms. The van der Waals surface area contributed by atoms with Crippen molar-refractivity contribution in [3.05, 3.63) is 70.8 Å². The fraction of sp³-hybridized carbons (Fsp3) is 0.304. The van der Waals surface area contributed by atoms with Gasteiger partial charge in [0, 0.05) is 37.3 Å². The minimum atomic E-state index is -0.632. The van der Waals surface area contributed by atoms with Crippen LogP contribution in [0.4, 0.5) is 0 Å². The van der Waals surface area contributed by atoms with Crippen molar-refractivity contribution >= 4 is 17.5 Å². The molecule has 2 aliphatic rings. The van der Waals surface area contributed by atoms with E-state index in [2.05, 4.69) is 17.0 Å². The van der Waals surface area contributed by atoms with E-state index in [-0.39, 0.29) is 11.8 Å². The minimum absolute atomic E-state index is 0.286. The van der Waals surface area contributed by atoms with Gasteiger partial charge in [0.2, 0.25) is 0 Å². The van der Waals surface area contributed by atoms with Crippen molar-refractivity contribution in [2.24, 2.45) is 0 Å². The van der Waals surface area contributed by atoms with Gasteiger partial charge in [-0.25, -0.2) is 4.90 Å². The van der Waals surface area contributed by atoms with E-state index in [0.717, 1.165) is 29.7 Å². The van der Waals surface area contributed by atoms with Crippen molar-refractivity contribution < 1.29 is 14.3 Å². The molecule has 2 aromatic carbocycles. The number of fused-ring (bicyclic) bond motifs is 2. The molecule has 144 valence electrons. The fourth-order valence-electron chi connectivity index (χ4n) is 4.00. The van der Waals surface area contributed by atoms with Crippen molar-refractivity contribution in [2.75, 3.05) is 14.1 Å². The molecule has 1 heterocycles. The molecule has 0 saturated heterocycles. The van der Waals surface area contributed by atoms with Crippen LogP contribution in [0.25, 0.3) is 5.70 Å². The first-order chi connectivity index (χ1) is 13.5. The zero-order valence-electron chi connectivity index (χ0n) is 16.4. The molecule has 1 aliphatic heterocycles. The number of hydrogen-bond acceptors (Lipinski definition) is 4. The van der Waals surface area contributed by atoms with Gasteiger partial charge in [0.1, 0.15) is 5.75 Å². The van der Waals surface area contributed by atoms with E-state index in [1.807, 2.05) is 33.2 Å². The van der Waals surface area contributed by atoms with Gasteiger partial charge in [-0.1, -0.05) is 37.3 Å². The van der Waals surface area contributed by atoms with E-state index >= 15 is 0 Å². The number of nitrogens with zero attached hydrogens (tertiary/aromatic N) is 2. The molecule has 5 nitrogen and oxygen atoms in total. The van der Waals surface area contributed by atoms with E-state index < -0.39 is 6.23 Å². The third-order valence-electron chi connectivity index (χ3n) is 5.35. The van der Waals surface area contributed by atoms with E-state index in [0.29, 0.717) is 17.5 Å². The first kappa shape index (κ1) is 18.3. The van der Waals surface area contributed by atoms with Crippen LogP contribution in [0.3, 0.4) is 0 Å². The average molecular weight is 376 g/mol. The predicted molar refractivity (Wildman–Crippen MR) is 108 cm³/mol. The van der Waals surface area contributed by atoms with Gasteiger partial charge < -0.3 is 9.64 Å². The third kappa shape index (κ3) is 2.87. The monoisotopic (exact) mass is 376 g/mol. The normalized spacial score (nSPS) is 16.4. The maximum atomic E-state index is 12.8. The molecule has 1 unspecified atom stereocenters. The quantitative estimate of drug-likeness (QED) is 0.742. The standard InChI is InChI=1S/C23H24N2O3/c1-4-21(25-22(26)17-9-5-6-10-18(17)23(25)27)28-20-14-8-11-15-16(20)12-7-13-19(15)24(2)3/h5-6,8-11,13-14,21H,4,7,12H2,1-3H3. The van der Waals surface area contributed by atoms with Crippen molar-refractivity contribution in [3.8, 4) is 5.75 Å². The SMILES string of the molecule is CCC(Oc1cccc2c1CCC=C2N(C)C)N1C(=O)c2ccccc2C1=O. The summed E-state index contributed by atoms with van der Waals surface area (Å²) in [4.78, 5) is 29.0. The molecule has 0 N–H and O–H groups in total. The number of amides is 2. The average Bonchev–Trinajstić information content (AvgIpc) is 2.96. The lowest BCUT2D eigenvalue weighted by Crippen LogP contribution is -2.43. The Labute approximate surface area is 165 Å². The maximum Gasteiger partial charge on any atom is 0.264 e. The van der Waals surface area contributed by atoms with Gasteiger partial charge in [0.25, 0.3) is 11.8 Å². The van der Waals surface area contributed by atoms with Gasteiger partial charge in [-0.15, -0.1) is 0 Å². The first-order valence-electron chi connectivity index (χ1n) is 9.66. The van der Waals surface area contributed by atoms with Crippen molar-refractivity contribution in [3.63, 3.8) is 0 Å². The summed E-state index contributed by atoms with van der Waals surface area (Å²) in [5.74, 6) is 0.172. The highest BCUT2D eigenvalue weighted by Gasteiger charge is 2.40. The third-order valence-corrected chi connectivity index (χ3v) is 5.35. The summed E-state index contributed by atoms with van der Waals surface area (Å²) in [6.07, 6.45) is 3.93. The second-order valence-electron chi connectivity index (χ2n) is 7.31. The van der Waals surface area contributed by atoms with Crippen molar-refractivity contribution in [1.82, 2.24) is 9.80 Å². The highest BCUT2D eigenvalue weighted by Crippen LogP contribution is 2.35. The van der Waals surface area contributed by atoms with Gasteiger partial charge in [-0.3, -0.25) is 9.59 Å². The number of benzene rings is 2. The van der Waals surface area contributed by atoms with Gasteiger partial charge in [-0.2, -0.15) is 0 Å². The summed E-state index contributed by atoms with van der Waals surface area (Å²) < 4.78 is 6.28. The van der Waals surface area contributed by atoms with Crippen LogP contribution in [0.15, 0.2) is 48.5 Å². The van der Waals surface area contributed by atoms with Crippen LogP contribution in [0.2, 0.25) is 0 Å². The van der Waals surface area contributed by atoms with Crippen LogP contribution in [0.1, 0.15) is 51.6 Å². The molecule has 0 aromatic heterocycles. The lowest BCUT2D eigenvalue weighted by Gasteiger charge is -2.29. The lowest BCUT2D eigenvalue weighted by molar-refractivity contribution is 0.0222. The summed E-state index contributed by atoms with van der Waals surface area (Å²) in [6, 6.07) is 12.9. The Kier molecular flexibility index (Phi) is 4.67. The Morgan fingerprint density at radius 3 is 2.25 bits per heavy atom. The zero-order valence-corrected chi connectivity index (χ0v) is 16.4. The largest absolute Gasteiger partial charge is 0.470 e. The molecule has 4 rings (SSSR count). The molecule has 0 fully saturated rings. The van der Waals surface area contributed by atoms with Crippen molar-refractivity contribution in [1.29, 1.82) is 0 Å². The number of allylic oxidation sites excluding steroid dienone is 1. The number of imide groups is 1. The van der Waals surface area contributed by atoms with E-state index in [9.17, 15) is 9.59 Å². The number of hydrogen-bond donors (Lipinski definition) is 0. The predicted octanol–water partition coefficient (Wildman–Crippen LogP) is 3.95. The maximum absolute atomic E-state index is 12.8. The molecule has 0 bridgehead atoms. The Morgan fingerprint density at radius 2 is 1.64 bits per heavy atom.